The van der Waals surface area contributed by atoms with Gasteiger partial charge in [0.25, 0.3) is 5.91 Å². The molecule has 0 bridgehead atoms. The van der Waals surface area contributed by atoms with Gasteiger partial charge in [-0.1, -0.05) is 0 Å². The molecule has 0 aliphatic rings. The van der Waals surface area contributed by atoms with Gasteiger partial charge in [0.1, 0.15) is 6.10 Å². The first-order chi connectivity index (χ1) is 8.63. The second kappa shape index (κ2) is 6.81. The Hall–Kier alpha value is -1.21. The van der Waals surface area contributed by atoms with Crippen molar-refractivity contribution in [3.05, 3.63) is 23.2 Å². The van der Waals surface area contributed by atoms with Crippen LogP contribution in [0.15, 0.2) is 18.2 Å². The fraction of sp³-hybridized carbons (Fsp3) is 0.333. The molecule has 0 saturated heterocycles. The number of amides is 1. The van der Waals surface area contributed by atoms with Crippen LogP contribution in [-0.4, -0.2) is 30.6 Å². The van der Waals surface area contributed by atoms with Crippen molar-refractivity contribution in [2.45, 2.75) is 13.0 Å². The van der Waals surface area contributed by atoms with Gasteiger partial charge >= 0.3 is 0 Å². The Morgan fingerprint density at radius 2 is 2.32 bits per heavy atom. The average molecular weight is 302 g/mol. The van der Waals surface area contributed by atoms with Crippen molar-refractivity contribution in [1.82, 2.24) is 4.98 Å². The largest absolute Gasteiger partial charge is 0.370 e. The van der Waals surface area contributed by atoms with E-state index in [1.54, 1.807) is 11.3 Å². The molecule has 1 heterocycles. The highest BCUT2D eigenvalue weighted by atomic mass is 35.5. The Morgan fingerprint density at radius 3 is 2.95 bits per heavy atom. The predicted octanol–water partition coefficient (Wildman–Crippen LogP) is 1.94. The second-order valence-corrected chi connectivity index (χ2v) is 5.10. The Bertz CT molecular complexity index is 569. The zero-order valence-electron chi connectivity index (χ0n) is 10.7. The highest BCUT2D eigenvalue weighted by molar-refractivity contribution is 7.18. The number of nitrogens with zero attached hydrogens (tertiary/aromatic N) is 1. The molecule has 3 N–H and O–H groups in total. The maximum absolute atomic E-state index is 11.8. The van der Waals surface area contributed by atoms with Gasteiger partial charge < -0.3 is 15.8 Å². The average Bonchev–Trinajstić information content (AvgIpc) is 2.70. The molecule has 7 heteroatoms. The van der Waals surface area contributed by atoms with Crippen LogP contribution in [0, 0.1) is 6.92 Å². The number of thiazole rings is 1. The molecular weight excluding hydrogens is 286 g/mol. The zero-order chi connectivity index (χ0) is 13.1. The quantitative estimate of drug-likeness (QED) is 0.905. The molecule has 0 saturated carbocycles. The van der Waals surface area contributed by atoms with Crippen molar-refractivity contribution in [2.24, 2.45) is 5.73 Å². The van der Waals surface area contributed by atoms with Gasteiger partial charge in [-0.3, -0.25) is 4.79 Å². The van der Waals surface area contributed by atoms with Crippen LogP contribution in [0.4, 0.5) is 5.69 Å². The maximum atomic E-state index is 11.8. The summed E-state index contributed by atoms with van der Waals surface area (Å²) in [5.41, 5.74) is 7.11. The molecule has 2 rings (SSSR count). The first-order valence-corrected chi connectivity index (χ1v) is 6.36. The summed E-state index contributed by atoms with van der Waals surface area (Å²) in [5, 5.41) is 3.79. The van der Waals surface area contributed by atoms with E-state index in [-0.39, 0.29) is 24.9 Å². The standard InChI is InChI=1S/C12H15N3O2S.ClH/c1-7-14-9-4-3-8(5-11(9)18-7)15-12(16)10(6-13)17-2;/h3-5,10H,6,13H2,1-2H3,(H,15,16);1H. The van der Waals surface area contributed by atoms with E-state index in [1.165, 1.54) is 7.11 Å². The number of hydrogen-bond donors (Lipinski definition) is 2. The molecule has 0 aliphatic carbocycles. The Kier molecular flexibility index (Phi) is 5.68. The van der Waals surface area contributed by atoms with E-state index in [1.807, 2.05) is 25.1 Å². The minimum absolute atomic E-state index is 0. The van der Waals surface area contributed by atoms with Gasteiger partial charge in [-0.15, -0.1) is 23.7 Å². The SMILES string of the molecule is COC(CN)C(=O)Nc1ccc2nc(C)sc2c1.Cl. The highest BCUT2D eigenvalue weighted by Crippen LogP contribution is 2.24. The summed E-state index contributed by atoms with van der Waals surface area (Å²) in [5.74, 6) is -0.236. The lowest BCUT2D eigenvalue weighted by atomic mass is 10.2. The number of carbonyl (C=O) groups is 1. The van der Waals surface area contributed by atoms with Gasteiger partial charge in [-0.2, -0.15) is 0 Å². The van der Waals surface area contributed by atoms with Crippen molar-refractivity contribution in [1.29, 1.82) is 0 Å². The third-order valence-electron chi connectivity index (χ3n) is 2.55. The van der Waals surface area contributed by atoms with Crippen LogP contribution >= 0.6 is 23.7 Å². The van der Waals surface area contributed by atoms with E-state index < -0.39 is 6.10 Å². The Balaban J connectivity index is 0.00000180. The number of aromatic nitrogens is 1. The first-order valence-electron chi connectivity index (χ1n) is 5.55. The van der Waals surface area contributed by atoms with Gasteiger partial charge in [0.15, 0.2) is 0 Å². The molecule has 19 heavy (non-hydrogen) atoms. The molecule has 5 nitrogen and oxygen atoms in total. The second-order valence-electron chi connectivity index (χ2n) is 3.86. The van der Waals surface area contributed by atoms with Gasteiger partial charge in [0.05, 0.1) is 15.2 Å². The third kappa shape index (κ3) is 3.63. The summed E-state index contributed by atoms with van der Waals surface area (Å²) in [7, 11) is 1.47. The predicted molar refractivity (Wildman–Crippen MR) is 80.1 cm³/mol. The molecule has 0 radical (unpaired) electrons. The van der Waals surface area contributed by atoms with E-state index in [0.29, 0.717) is 0 Å². The van der Waals surface area contributed by atoms with Crippen molar-refractivity contribution in [2.75, 3.05) is 19.0 Å². The Labute approximate surface area is 121 Å². The van der Waals surface area contributed by atoms with E-state index >= 15 is 0 Å². The van der Waals surface area contributed by atoms with Gasteiger partial charge in [0.2, 0.25) is 0 Å². The molecule has 0 spiro atoms. The smallest absolute Gasteiger partial charge is 0.254 e. The monoisotopic (exact) mass is 301 g/mol. The fourth-order valence-electron chi connectivity index (χ4n) is 1.65. The van der Waals surface area contributed by atoms with Gasteiger partial charge in [0, 0.05) is 19.3 Å². The number of halogens is 1. The topological polar surface area (TPSA) is 77.2 Å². The lowest BCUT2D eigenvalue weighted by Gasteiger charge is -2.12. The number of fused-ring (bicyclic) bond motifs is 1. The molecule has 0 fully saturated rings. The summed E-state index contributed by atoms with van der Waals surface area (Å²) in [4.78, 5) is 16.1. The number of nitrogens with two attached hydrogens (primary N) is 1. The molecule has 1 atom stereocenters. The number of aryl methyl sites for hydroxylation is 1. The minimum Gasteiger partial charge on any atom is -0.370 e. The Morgan fingerprint density at radius 1 is 1.58 bits per heavy atom. The van der Waals surface area contributed by atoms with Gasteiger partial charge in [-0.25, -0.2) is 4.98 Å². The summed E-state index contributed by atoms with van der Waals surface area (Å²) >= 11 is 1.59. The number of rotatable bonds is 4. The van der Waals surface area contributed by atoms with Crippen molar-refractivity contribution < 1.29 is 9.53 Å². The van der Waals surface area contributed by atoms with Crippen LogP contribution in [-0.2, 0) is 9.53 Å². The third-order valence-corrected chi connectivity index (χ3v) is 3.49. The van der Waals surface area contributed by atoms with Crippen LogP contribution in [0.2, 0.25) is 0 Å². The minimum atomic E-state index is -0.621. The van der Waals surface area contributed by atoms with Crippen LogP contribution in [0.1, 0.15) is 5.01 Å². The molecule has 0 aliphatic heterocycles. The maximum Gasteiger partial charge on any atom is 0.254 e. The summed E-state index contributed by atoms with van der Waals surface area (Å²) in [6, 6.07) is 5.61. The van der Waals surface area contributed by atoms with E-state index in [2.05, 4.69) is 10.3 Å². The van der Waals surface area contributed by atoms with E-state index in [4.69, 9.17) is 10.5 Å². The molecular formula is C12H16ClN3O2S. The van der Waals surface area contributed by atoms with Crippen molar-refractivity contribution >= 4 is 45.6 Å². The van der Waals surface area contributed by atoms with Crippen LogP contribution in [0.5, 0.6) is 0 Å². The van der Waals surface area contributed by atoms with Crippen LogP contribution in [0.3, 0.4) is 0 Å². The van der Waals surface area contributed by atoms with Crippen molar-refractivity contribution in [3.63, 3.8) is 0 Å². The number of benzene rings is 1. The molecule has 1 aromatic heterocycles. The van der Waals surface area contributed by atoms with E-state index in [0.717, 1.165) is 20.9 Å². The van der Waals surface area contributed by atoms with Crippen LogP contribution < -0.4 is 11.1 Å². The molecule has 1 aromatic carbocycles. The number of ether oxygens (including phenoxy) is 1. The lowest BCUT2D eigenvalue weighted by Crippen LogP contribution is -2.35. The van der Waals surface area contributed by atoms with E-state index in [9.17, 15) is 4.79 Å². The number of anilines is 1. The molecule has 2 aromatic rings. The fourth-order valence-corrected chi connectivity index (χ4v) is 2.52. The van der Waals surface area contributed by atoms with Crippen molar-refractivity contribution in [3.8, 4) is 0 Å². The molecule has 1 unspecified atom stereocenters. The van der Waals surface area contributed by atoms with Crippen LogP contribution in [0.25, 0.3) is 10.2 Å². The number of methoxy groups -OCH3 is 1. The summed E-state index contributed by atoms with van der Waals surface area (Å²) in [6.45, 7) is 2.11. The lowest BCUT2D eigenvalue weighted by molar-refractivity contribution is -0.125. The normalized spacial score (nSPS) is 11.9. The summed E-state index contributed by atoms with van der Waals surface area (Å²) in [6.07, 6.45) is -0.621. The number of hydrogen-bond acceptors (Lipinski definition) is 5. The number of carbonyl (C=O) groups excluding carboxylic acids is 1. The molecule has 1 amide bonds. The zero-order valence-corrected chi connectivity index (χ0v) is 12.3. The first kappa shape index (κ1) is 15.8. The highest BCUT2D eigenvalue weighted by Gasteiger charge is 2.15. The number of nitrogens with one attached hydrogen (secondary N) is 1. The molecule has 104 valence electrons. The summed E-state index contributed by atoms with van der Waals surface area (Å²) < 4.78 is 6.03. The van der Waals surface area contributed by atoms with Gasteiger partial charge in [-0.05, 0) is 25.1 Å².